The van der Waals surface area contributed by atoms with Gasteiger partial charge in [0.1, 0.15) is 5.82 Å². The van der Waals surface area contributed by atoms with E-state index in [1.54, 1.807) is 0 Å². The first-order chi connectivity index (χ1) is 7.72. The molecule has 0 bridgehead atoms. The lowest BCUT2D eigenvalue weighted by atomic mass is 10.2. The molecule has 1 aromatic rings. The number of hydrogen-bond acceptors (Lipinski definition) is 4. The van der Waals surface area contributed by atoms with Crippen molar-refractivity contribution >= 4 is 17.6 Å². The second-order valence-electron chi connectivity index (χ2n) is 4.20. The van der Waals surface area contributed by atoms with Crippen molar-refractivity contribution in [2.45, 2.75) is 26.0 Å². The number of thioether (sulfide) groups is 1. The van der Waals surface area contributed by atoms with Gasteiger partial charge < -0.3 is 10.0 Å². The summed E-state index contributed by atoms with van der Waals surface area (Å²) >= 11 is 2.01. The van der Waals surface area contributed by atoms with E-state index in [-0.39, 0.29) is 6.61 Å². The van der Waals surface area contributed by atoms with Crippen LogP contribution in [0.3, 0.4) is 0 Å². The van der Waals surface area contributed by atoms with E-state index in [4.69, 9.17) is 5.11 Å². The lowest BCUT2D eigenvalue weighted by molar-refractivity contribution is 0.280. The van der Waals surface area contributed by atoms with Crippen molar-refractivity contribution in [2.24, 2.45) is 0 Å². The van der Waals surface area contributed by atoms with Crippen LogP contribution in [0.5, 0.6) is 0 Å². The molecule has 1 fully saturated rings. The molecule has 1 aromatic heterocycles. The van der Waals surface area contributed by atoms with Crippen molar-refractivity contribution in [1.29, 1.82) is 0 Å². The van der Waals surface area contributed by atoms with Gasteiger partial charge in [-0.3, -0.25) is 0 Å². The van der Waals surface area contributed by atoms with E-state index in [1.165, 1.54) is 17.9 Å². The number of hydrogen-bond donors (Lipinski definition) is 1. The fraction of sp³-hybridized carbons (Fsp3) is 0.583. The summed E-state index contributed by atoms with van der Waals surface area (Å²) in [4.78, 5) is 6.80. The van der Waals surface area contributed by atoms with Gasteiger partial charge in [0.2, 0.25) is 0 Å². The minimum Gasteiger partial charge on any atom is -0.392 e. The summed E-state index contributed by atoms with van der Waals surface area (Å²) in [7, 11) is 2.11. The van der Waals surface area contributed by atoms with Crippen molar-refractivity contribution in [3.63, 3.8) is 0 Å². The van der Waals surface area contributed by atoms with Gasteiger partial charge in [-0.1, -0.05) is 6.07 Å². The van der Waals surface area contributed by atoms with Gasteiger partial charge >= 0.3 is 0 Å². The Morgan fingerprint density at radius 2 is 2.38 bits per heavy atom. The van der Waals surface area contributed by atoms with Crippen molar-refractivity contribution in [3.05, 3.63) is 23.4 Å². The Morgan fingerprint density at radius 1 is 1.56 bits per heavy atom. The molecule has 16 heavy (non-hydrogen) atoms. The van der Waals surface area contributed by atoms with Gasteiger partial charge in [0, 0.05) is 24.5 Å². The van der Waals surface area contributed by atoms with Crippen LogP contribution in [0.2, 0.25) is 0 Å². The lowest BCUT2D eigenvalue weighted by Gasteiger charge is -2.25. The first-order valence-corrected chi connectivity index (χ1v) is 6.76. The number of rotatable bonds is 3. The molecule has 1 atom stereocenters. The number of anilines is 1. The summed E-state index contributed by atoms with van der Waals surface area (Å²) in [6, 6.07) is 4.58. The van der Waals surface area contributed by atoms with Crippen LogP contribution in [0.25, 0.3) is 0 Å². The average molecular weight is 238 g/mol. The highest BCUT2D eigenvalue weighted by Crippen LogP contribution is 2.25. The molecule has 88 valence electrons. The van der Waals surface area contributed by atoms with Gasteiger partial charge in [-0.05, 0) is 30.7 Å². The Balaban J connectivity index is 2.16. The molecule has 1 saturated heterocycles. The van der Waals surface area contributed by atoms with Crippen LogP contribution in [-0.2, 0) is 6.61 Å². The molecule has 0 radical (unpaired) electrons. The Labute approximate surface area is 101 Å². The SMILES string of the molecule is Cc1nc(N(C)C2CCSC2)ccc1CO. The van der Waals surface area contributed by atoms with Crippen LogP contribution < -0.4 is 4.90 Å². The fourth-order valence-corrected chi connectivity index (χ4v) is 3.22. The number of nitrogens with zero attached hydrogens (tertiary/aromatic N) is 2. The summed E-state index contributed by atoms with van der Waals surface area (Å²) in [5.74, 6) is 3.46. The average Bonchev–Trinajstić information content (AvgIpc) is 2.81. The monoisotopic (exact) mass is 238 g/mol. The van der Waals surface area contributed by atoms with Crippen LogP contribution in [0, 0.1) is 6.92 Å². The molecule has 0 aromatic carbocycles. The van der Waals surface area contributed by atoms with Crippen LogP contribution in [-0.4, -0.2) is 34.7 Å². The summed E-state index contributed by atoms with van der Waals surface area (Å²) in [5, 5.41) is 9.10. The quantitative estimate of drug-likeness (QED) is 0.871. The second-order valence-corrected chi connectivity index (χ2v) is 5.35. The van der Waals surface area contributed by atoms with Gasteiger partial charge in [0.15, 0.2) is 0 Å². The number of pyridine rings is 1. The zero-order valence-corrected chi connectivity index (χ0v) is 10.6. The number of aryl methyl sites for hydroxylation is 1. The molecule has 1 aliphatic heterocycles. The Hall–Kier alpha value is -0.740. The van der Waals surface area contributed by atoms with Gasteiger partial charge in [-0.25, -0.2) is 4.98 Å². The molecule has 2 rings (SSSR count). The van der Waals surface area contributed by atoms with E-state index in [0.717, 1.165) is 17.1 Å². The highest BCUT2D eigenvalue weighted by atomic mass is 32.2. The number of aliphatic hydroxyl groups is 1. The van der Waals surface area contributed by atoms with Crippen LogP contribution >= 0.6 is 11.8 Å². The molecule has 1 N–H and O–H groups in total. The molecule has 0 saturated carbocycles. The highest BCUT2D eigenvalue weighted by molar-refractivity contribution is 7.99. The minimum atomic E-state index is 0.0715. The standard InChI is InChI=1S/C12H18N2OS/c1-9-10(7-15)3-4-12(13-9)14(2)11-5-6-16-8-11/h3-4,11,15H,5-8H2,1-2H3. The van der Waals surface area contributed by atoms with E-state index in [0.29, 0.717) is 6.04 Å². The molecule has 0 amide bonds. The van der Waals surface area contributed by atoms with Gasteiger partial charge in [0.25, 0.3) is 0 Å². The Kier molecular flexibility index (Phi) is 3.71. The number of aromatic nitrogens is 1. The van der Waals surface area contributed by atoms with Crippen molar-refractivity contribution < 1.29 is 5.11 Å². The maximum Gasteiger partial charge on any atom is 0.128 e. The molecular formula is C12H18N2OS. The molecule has 2 heterocycles. The molecule has 0 aliphatic carbocycles. The summed E-state index contributed by atoms with van der Waals surface area (Å²) in [6.45, 7) is 2.02. The summed E-state index contributed by atoms with van der Waals surface area (Å²) in [5.41, 5.74) is 1.84. The maximum atomic E-state index is 9.10. The van der Waals surface area contributed by atoms with Gasteiger partial charge in [-0.15, -0.1) is 0 Å². The van der Waals surface area contributed by atoms with E-state index >= 15 is 0 Å². The maximum absolute atomic E-state index is 9.10. The molecule has 1 unspecified atom stereocenters. The molecule has 4 heteroatoms. The second kappa shape index (κ2) is 5.06. The summed E-state index contributed by atoms with van der Waals surface area (Å²) in [6.07, 6.45) is 1.24. The topological polar surface area (TPSA) is 36.4 Å². The largest absolute Gasteiger partial charge is 0.392 e. The zero-order valence-electron chi connectivity index (χ0n) is 9.81. The van der Waals surface area contributed by atoms with Crippen LogP contribution in [0.4, 0.5) is 5.82 Å². The van der Waals surface area contributed by atoms with Crippen molar-refractivity contribution in [3.8, 4) is 0 Å². The molecule has 1 aliphatic rings. The zero-order chi connectivity index (χ0) is 11.5. The van der Waals surface area contributed by atoms with E-state index in [1.807, 2.05) is 30.8 Å². The first kappa shape index (κ1) is 11.7. The van der Waals surface area contributed by atoms with Gasteiger partial charge in [0.05, 0.1) is 6.61 Å². The third kappa shape index (κ3) is 2.33. The molecule has 3 nitrogen and oxygen atoms in total. The third-order valence-electron chi connectivity index (χ3n) is 3.17. The predicted octanol–water partition coefficient (Wildman–Crippen LogP) is 1.82. The van der Waals surface area contributed by atoms with Crippen molar-refractivity contribution in [1.82, 2.24) is 4.98 Å². The van der Waals surface area contributed by atoms with Crippen molar-refractivity contribution in [2.75, 3.05) is 23.5 Å². The van der Waals surface area contributed by atoms with E-state index in [9.17, 15) is 0 Å². The Bertz CT molecular complexity index is 364. The Morgan fingerprint density at radius 3 is 2.94 bits per heavy atom. The molecular weight excluding hydrogens is 220 g/mol. The van der Waals surface area contributed by atoms with E-state index in [2.05, 4.69) is 16.9 Å². The van der Waals surface area contributed by atoms with Gasteiger partial charge in [-0.2, -0.15) is 11.8 Å². The van der Waals surface area contributed by atoms with E-state index < -0.39 is 0 Å². The normalized spacial score (nSPS) is 20.1. The minimum absolute atomic E-state index is 0.0715. The fourth-order valence-electron chi connectivity index (χ4n) is 1.95. The molecule has 0 spiro atoms. The predicted molar refractivity (Wildman–Crippen MR) is 69.0 cm³/mol. The first-order valence-electron chi connectivity index (χ1n) is 5.60. The lowest BCUT2D eigenvalue weighted by Crippen LogP contribution is -2.32. The van der Waals surface area contributed by atoms with Crippen LogP contribution in [0.15, 0.2) is 12.1 Å². The van der Waals surface area contributed by atoms with Crippen LogP contribution in [0.1, 0.15) is 17.7 Å². The third-order valence-corrected chi connectivity index (χ3v) is 4.31. The number of aliphatic hydroxyl groups excluding tert-OH is 1. The smallest absolute Gasteiger partial charge is 0.128 e. The summed E-state index contributed by atoms with van der Waals surface area (Å²) < 4.78 is 0. The highest BCUT2D eigenvalue weighted by Gasteiger charge is 2.21.